The molecule has 0 N–H and O–H groups in total. The summed E-state index contributed by atoms with van der Waals surface area (Å²) in [6.45, 7) is 0.932. The van der Waals surface area contributed by atoms with Gasteiger partial charge in [-0.3, -0.25) is 0 Å². The molecule has 2 aliphatic rings. The Kier molecular flexibility index (Phi) is 3.09. The molecule has 0 saturated heterocycles. The van der Waals surface area contributed by atoms with Crippen LogP contribution in [0, 0.1) is 21.3 Å². The fourth-order valence-corrected chi connectivity index (χ4v) is 3.88. The molecular formula is C14H17IO. The summed E-state index contributed by atoms with van der Waals surface area (Å²) in [5.74, 6) is 3.88. The maximum absolute atomic E-state index is 5.97. The predicted molar refractivity (Wildman–Crippen MR) is 73.6 cm³/mol. The van der Waals surface area contributed by atoms with Gasteiger partial charge in [-0.25, -0.2) is 0 Å². The summed E-state index contributed by atoms with van der Waals surface area (Å²) in [7, 11) is 0. The zero-order valence-electron chi connectivity index (χ0n) is 9.36. The Morgan fingerprint density at radius 1 is 1.19 bits per heavy atom. The van der Waals surface area contributed by atoms with Crippen LogP contribution >= 0.6 is 22.6 Å². The number of halogens is 1. The molecule has 0 spiro atoms. The van der Waals surface area contributed by atoms with Gasteiger partial charge in [0.05, 0.1) is 10.2 Å². The third-order valence-electron chi connectivity index (χ3n) is 4.17. The fraction of sp³-hybridized carbons (Fsp3) is 0.571. The highest BCUT2D eigenvalue weighted by Gasteiger charge is 2.39. The van der Waals surface area contributed by atoms with Gasteiger partial charge in [0.2, 0.25) is 0 Å². The van der Waals surface area contributed by atoms with E-state index in [-0.39, 0.29) is 0 Å². The standard InChI is InChI=1S/C14H17IO/c15-13-3-1-2-4-14(13)16-9-12-8-10-5-6-11(12)7-10/h1-4,10-12H,5-9H2. The average Bonchev–Trinajstić information content (AvgIpc) is 2.90. The normalized spacial score (nSPS) is 31.9. The topological polar surface area (TPSA) is 9.23 Å². The molecule has 3 atom stereocenters. The second-order valence-corrected chi connectivity index (χ2v) is 6.34. The Labute approximate surface area is 111 Å². The molecule has 0 radical (unpaired) electrons. The van der Waals surface area contributed by atoms with E-state index in [9.17, 15) is 0 Å². The van der Waals surface area contributed by atoms with E-state index in [1.54, 1.807) is 0 Å². The van der Waals surface area contributed by atoms with Crippen LogP contribution < -0.4 is 4.74 Å². The number of hydrogen-bond donors (Lipinski definition) is 0. The molecule has 3 rings (SSSR count). The summed E-state index contributed by atoms with van der Waals surface area (Å²) in [6, 6.07) is 8.30. The van der Waals surface area contributed by atoms with Crippen LogP contribution in [-0.4, -0.2) is 6.61 Å². The lowest BCUT2D eigenvalue weighted by atomic mass is 9.89. The maximum atomic E-state index is 5.97. The molecular weight excluding hydrogens is 311 g/mol. The lowest BCUT2D eigenvalue weighted by molar-refractivity contribution is 0.194. The number of para-hydroxylation sites is 1. The largest absolute Gasteiger partial charge is 0.492 e. The van der Waals surface area contributed by atoms with E-state index in [4.69, 9.17) is 4.74 Å². The van der Waals surface area contributed by atoms with Crippen LogP contribution in [0.4, 0.5) is 0 Å². The van der Waals surface area contributed by atoms with Crippen LogP contribution in [0.1, 0.15) is 25.7 Å². The summed E-state index contributed by atoms with van der Waals surface area (Å²) in [6.07, 6.45) is 5.81. The van der Waals surface area contributed by atoms with E-state index in [0.29, 0.717) is 0 Å². The molecule has 16 heavy (non-hydrogen) atoms. The molecule has 1 aromatic carbocycles. The first-order chi connectivity index (χ1) is 7.83. The highest BCUT2D eigenvalue weighted by atomic mass is 127. The van der Waals surface area contributed by atoms with E-state index in [1.807, 2.05) is 0 Å². The van der Waals surface area contributed by atoms with Crippen molar-refractivity contribution in [1.82, 2.24) is 0 Å². The molecule has 0 aromatic heterocycles. The first-order valence-electron chi connectivity index (χ1n) is 6.20. The number of benzene rings is 1. The molecule has 2 saturated carbocycles. The van der Waals surface area contributed by atoms with Crippen LogP contribution in [0.15, 0.2) is 24.3 Å². The molecule has 2 fully saturated rings. The molecule has 0 amide bonds. The quantitative estimate of drug-likeness (QED) is 0.759. The minimum atomic E-state index is 0.828. The third kappa shape index (κ3) is 2.08. The Morgan fingerprint density at radius 2 is 2.06 bits per heavy atom. The van der Waals surface area contributed by atoms with Crippen molar-refractivity contribution in [2.45, 2.75) is 25.7 Å². The highest BCUT2D eigenvalue weighted by molar-refractivity contribution is 14.1. The minimum Gasteiger partial charge on any atom is -0.492 e. The van der Waals surface area contributed by atoms with Crippen molar-refractivity contribution in [3.8, 4) is 5.75 Å². The molecule has 0 heterocycles. The summed E-state index contributed by atoms with van der Waals surface area (Å²) in [4.78, 5) is 0. The molecule has 2 aliphatic carbocycles. The molecule has 86 valence electrons. The minimum absolute atomic E-state index is 0.828. The zero-order chi connectivity index (χ0) is 11.0. The summed E-state index contributed by atoms with van der Waals surface area (Å²) in [5.41, 5.74) is 0. The molecule has 3 unspecified atom stereocenters. The Hall–Kier alpha value is -0.250. The van der Waals surface area contributed by atoms with Gasteiger partial charge in [0.15, 0.2) is 0 Å². The smallest absolute Gasteiger partial charge is 0.132 e. The van der Waals surface area contributed by atoms with Crippen LogP contribution in [0.3, 0.4) is 0 Å². The zero-order valence-corrected chi connectivity index (χ0v) is 11.5. The van der Waals surface area contributed by atoms with Crippen LogP contribution in [-0.2, 0) is 0 Å². The Bertz CT molecular complexity index is 377. The van der Waals surface area contributed by atoms with Crippen molar-refractivity contribution >= 4 is 22.6 Å². The van der Waals surface area contributed by atoms with E-state index in [1.165, 1.54) is 29.3 Å². The van der Waals surface area contributed by atoms with Gasteiger partial charge in [-0.15, -0.1) is 0 Å². The van der Waals surface area contributed by atoms with Crippen molar-refractivity contribution in [2.24, 2.45) is 17.8 Å². The highest BCUT2D eigenvalue weighted by Crippen LogP contribution is 2.48. The van der Waals surface area contributed by atoms with Gasteiger partial charge >= 0.3 is 0 Å². The van der Waals surface area contributed by atoms with Crippen molar-refractivity contribution < 1.29 is 4.74 Å². The number of fused-ring (bicyclic) bond motifs is 2. The van der Waals surface area contributed by atoms with Crippen molar-refractivity contribution in [1.29, 1.82) is 0 Å². The van der Waals surface area contributed by atoms with Gasteiger partial charge in [0.1, 0.15) is 5.75 Å². The lowest BCUT2D eigenvalue weighted by Crippen LogP contribution is -2.18. The average molecular weight is 328 g/mol. The molecule has 1 nitrogen and oxygen atoms in total. The van der Waals surface area contributed by atoms with Crippen molar-refractivity contribution in [3.63, 3.8) is 0 Å². The second kappa shape index (κ2) is 4.55. The number of rotatable bonds is 3. The third-order valence-corrected chi connectivity index (χ3v) is 5.07. The van der Waals surface area contributed by atoms with Gasteiger partial charge in [-0.05, 0) is 71.7 Å². The van der Waals surface area contributed by atoms with Crippen molar-refractivity contribution in [3.05, 3.63) is 27.8 Å². The Morgan fingerprint density at radius 3 is 2.75 bits per heavy atom. The van der Waals surface area contributed by atoms with Gasteiger partial charge in [-0.1, -0.05) is 18.6 Å². The monoisotopic (exact) mass is 328 g/mol. The van der Waals surface area contributed by atoms with Gasteiger partial charge in [-0.2, -0.15) is 0 Å². The first kappa shape index (κ1) is 10.9. The predicted octanol–water partition coefficient (Wildman–Crippen LogP) is 4.11. The Balaban J connectivity index is 1.59. The van der Waals surface area contributed by atoms with Crippen molar-refractivity contribution in [2.75, 3.05) is 6.61 Å². The van der Waals surface area contributed by atoms with E-state index >= 15 is 0 Å². The fourth-order valence-electron chi connectivity index (χ4n) is 3.34. The van der Waals surface area contributed by atoms with Gasteiger partial charge in [0.25, 0.3) is 0 Å². The summed E-state index contributed by atoms with van der Waals surface area (Å²) < 4.78 is 7.19. The first-order valence-corrected chi connectivity index (χ1v) is 7.28. The van der Waals surface area contributed by atoms with E-state index < -0.39 is 0 Å². The number of hydrogen-bond acceptors (Lipinski definition) is 1. The molecule has 2 heteroatoms. The lowest BCUT2D eigenvalue weighted by Gasteiger charge is -2.22. The maximum Gasteiger partial charge on any atom is 0.132 e. The van der Waals surface area contributed by atoms with E-state index in [0.717, 1.165) is 30.1 Å². The molecule has 1 aromatic rings. The van der Waals surface area contributed by atoms with Crippen LogP contribution in [0.5, 0.6) is 5.75 Å². The SMILES string of the molecule is Ic1ccccc1OCC1CC2CCC1C2. The van der Waals surface area contributed by atoms with Crippen LogP contribution in [0.25, 0.3) is 0 Å². The second-order valence-electron chi connectivity index (χ2n) is 5.18. The molecule has 0 aliphatic heterocycles. The van der Waals surface area contributed by atoms with Gasteiger partial charge in [0, 0.05) is 0 Å². The summed E-state index contributed by atoms with van der Waals surface area (Å²) in [5, 5.41) is 0. The number of ether oxygens (including phenoxy) is 1. The van der Waals surface area contributed by atoms with E-state index in [2.05, 4.69) is 46.9 Å². The van der Waals surface area contributed by atoms with Gasteiger partial charge < -0.3 is 4.74 Å². The summed E-state index contributed by atoms with van der Waals surface area (Å²) >= 11 is 2.35. The molecule has 2 bridgehead atoms. The van der Waals surface area contributed by atoms with Crippen LogP contribution in [0.2, 0.25) is 0 Å².